The van der Waals surface area contributed by atoms with Gasteiger partial charge in [-0.1, -0.05) is 12.8 Å². The maximum absolute atomic E-state index is 6.00. The molecule has 0 amide bonds. The molecule has 1 aliphatic heterocycles. The number of piperidine rings is 1. The minimum absolute atomic E-state index is 0.224. The normalized spacial score (nSPS) is 20.4. The maximum atomic E-state index is 6.00. The quantitative estimate of drug-likeness (QED) is 0.854. The van der Waals surface area contributed by atoms with Crippen molar-refractivity contribution in [1.29, 1.82) is 0 Å². The van der Waals surface area contributed by atoms with Crippen LogP contribution in [0.15, 0.2) is 0 Å². The summed E-state index contributed by atoms with van der Waals surface area (Å²) in [6.45, 7) is 2.67. The molecule has 0 N–H and O–H groups in total. The van der Waals surface area contributed by atoms with E-state index in [1.54, 1.807) is 0 Å². The van der Waals surface area contributed by atoms with Crippen LogP contribution >= 0.6 is 11.6 Å². The number of nitrogens with zero attached hydrogens (tertiary/aromatic N) is 4. The molecule has 1 aliphatic carbocycles. The molecule has 2 aliphatic rings. The number of ether oxygens (including phenoxy) is 1. The number of aromatic nitrogens is 3. The molecule has 0 spiro atoms. The molecule has 0 radical (unpaired) electrons. The first-order valence-corrected chi connectivity index (χ1v) is 7.98. The Bertz CT molecular complexity index is 445. The van der Waals surface area contributed by atoms with E-state index < -0.39 is 0 Å². The van der Waals surface area contributed by atoms with Crippen LogP contribution in [-0.2, 0) is 0 Å². The molecule has 0 unspecified atom stereocenters. The van der Waals surface area contributed by atoms with Crippen molar-refractivity contribution in [3.63, 3.8) is 0 Å². The van der Waals surface area contributed by atoms with Crippen molar-refractivity contribution in [3.8, 4) is 6.01 Å². The van der Waals surface area contributed by atoms with Crippen LogP contribution in [0, 0.1) is 5.92 Å². The molecule has 110 valence electrons. The zero-order valence-electron chi connectivity index (χ0n) is 11.7. The molecule has 1 saturated carbocycles. The lowest BCUT2D eigenvalue weighted by Crippen LogP contribution is -2.31. The van der Waals surface area contributed by atoms with Gasteiger partial charge in [-0.15, -0.1) is 0 Å². The Balaban J connectivity index is 1.65. The topological polar surface area (TPSA) is 51.1 Å². The zero-order chi connectivity index (χ0) is 13.8. The van der Waals surface area contributed by atoms with Gasteiger partial charge in [0, 0.05) is 13.1 Å². The molecule has 20 heavy (non-hydrogen) atoms. The highest BCUT2D eigenvalue weighted by atomic mass is 35.5. The van der Waals surface area contributed by atoms with Gasteiger partial charge >= 0.3 is 6.01 Å². The number of rotatable bonds is 4. The Morgan fingerprint density at radius 3 is 2.50 bits per heavy atom. The van der Waals surface area contributed by atoms with E-state index in [0.29, 0.717) is 24.5 Å². The van der Waals surface area contributed by atoms with Crippen LogP contribution in [-0.4, -0.2) is 34.6 Å². The van der Waals surface area contributed by atoms with Crippen molar-refractivity contribution in [3.05, 3.63) is 5.28 Å². The molecule has 5 nitrogen and oxygen atoms in total. The molecule has 1 saturated heterocycles. The standard InChI is InChI=1S/C14H21ClN4O/c15-12-16-13(19-8-4-1-5-9-19)18-14(17-12)20-10-11-6-2-3-7-11/h11H,1-10H2. The Labute approximate surface area is 124 Å². The summed E-state index contributed by atoms with van der Waals surface area (Å²) in [6, 6.07) is 0.373. The molecular weight excluding hydrogens is 276 g/mol. The first-order chi connectivity index (χ1) is 9.81. The highest BCUT2D eigenvalue weighted by Crippen LogP contribution is 2.25. The lowest BCUT2D eigenvalue weighted by atomic mass is 10.1. The van der Waals surface area contributed by atoms with Gasteiger partial charge in [0.1, 0.15) is 0 Å². The maximum Gasteiger partial charge on any atom is 0.322 e. The molecule has 2 fully saturated rings. The highest BCUT2D eigenvalue weighted by Gasteiger charge is 2.19. The number of halogens is 1. The first kappa shape index (κ1) is 13.9. The van der Waals surface area contributed by atoms with Crippen LogP contribution in [0.2, 0.25) is 5.28 Å². The van der Waals surface area contributed by atoms with E-state index in [2.05, 4.69) is 19.9 Å². The van der Waals surface area contributed by atoms with Gasteiger partial charge in [-0.25, -0.2) is 0 Å². The summed E-state index contributed by atoms with van der Waals surface area (Å²) in [5, 5.41) is 0.224. The zero-order valence-corrected chi connectivity index (χ0v) is 12.5. The second-order valence-corrected chi connectivity index (χ2v) is 6.03. The Kier molecular flexibility index (Phi) is 4.55. The van der Waals surface area contributed by atoms with E-state index in [-0.39, 0.29) is 5.28 Å². The van der Waals surface area contributed by atoms with Crippen molar-refractivity contribution in [2.24, 2.45) is 5.92 Å². The molecule has 0 atom stereocenters. The molecular formula is C14H21ClN4O. The summed E-state index contributed by atoms with van der Waals surface area (Å²) < 4.78 is 5.73. The summed E-state index contributed by atoms with van der Waals surface area (Å²) in [6.07, 6.45) is 8.76. The summed E-state index contributed by atoms with van der Waals surface area (Å²) >= 11 is 6.00. The van der Waals surface area contributed by atoms with Gasteiger partial charge < -0.3 is 9.64 Å². The third-order valence-corrected chi connectivity index (χ3v) is 4.31. The van der Waals surface area contributed by atoms with E-state index in [4.69, 9.17) is 16.3 Å². The third-order valence-electron chi connectivity index (χ3n) is 4.14. The van der Waals surface area contributed by atoms with Crippen molar-refractivity contribution in [1.82, 2.24) is 15.0 Å². The SMILES string of the molecule is Clc1nc(OCC2CCCC2)nc(N2CCCCC2)n1. The fourth-order valence-electron chi connectivity index (χ4n) is 2.99. The van der Waals surface area contributed by atoms with Crippen LogP contribution in [0.4, 0.5) is 5.95 Å². The monoisotopic (exact) mass is 296 g/mol. The van der Waals surface area contributed by atoms with Crippen LogP contribution in [0.1, 0.15) is 44.9 Å². The molecule has 3 rings (SSSR count). The fourth-order valence-corrected chi connectivity index (χ4v) is 3.14. The highest BCUT2D eigenvalue weighted by molar-refractivity contribution is 6.28. The van der Waals surface area contributed by atoms with Gasteiger partial charge in [-0.3, -0.25) is 0 Å². The molecule has 1 aromatic heterocycles. The van der Waals surface area contributed by atoms with Crippen LogP contribution < -0.4 is 9.64 Å². The largest absolute Gasteiger partial charge is 0.463 e. The van der Waals surface area contributed by atoms with Crippen LogP contribution in [0.5, 0.6) is 6.01 Å². The van der Waals surface area contributed by atoms with Crippen molar-refractivity contribution >= 4 is 17.5 Å². The fraction of sp³-hybridized carbons (Fsp3) is 0.786. The molecule has 2 heterocycles. The predicted octanol–water partition coefficient (Wildman–Crippen LogP) is 3.08. The number of anilines is 1. The van der Waals surface area contributed by atoms with Crippen molar-refractivity contribution in [2.75, 3.05) is 24.6 Å². The summed E-state index contributed by atoms with van der Waals surface area (Å²) in [5.41, 5.74) is 0. The number of hydrogen-bond donors (Lipinski definition) is 0. The van der Waals surface area contributed by atoms with Crippen molar-refractivity contribution < 1.29 is 4.74 Å². The summed E-state index contributed by atoms with van der Waals surface area (Å²) in [7, 11) is 0. The Morgan fingerprint density at radius 2 is 1.75 bits per heavy atom. The van der Waals surface area contributed by atoms with Gasteiger partial charge in [0.2, 0.25) is 11.2 Å². The molecule has 0 bridgehead atoms. The minimum Gasteiger partial charge on any atom is -0.463 e. The van der Waals surface area contributed by atoms with E-state index in [1.165, 1.54) is 44.9 Å². The van der Waals surface area contributed by atoms with Gasteiger partial charge in [0.05, 0.1) is 6.61 Å². The van der Waals surface area contributed by atoms with Crippen LogP contribution in [0.25, 0.3) is 0 Å². The summed E-state index contributed by atoms with van der Waals surface area (Å²) in [4.78, 5) is 14.9. The minimum atomic E-state index is 0.224. The smallest absolute Gasteiger partial charge is 0.322 e. The van der Waals surface area contributed by atoms with Gasteiger partial charge in [0.25, 0.3) is 0 Å². The Morgan fingerprint density at radius 1 is 1.00 bits per heavy atom. The average Bonchev–Trinajstić information content (AvgIpc) is 2.99. The summed E-state index contributed by atoms with van der Waals surface area (Å²) in [5.74, 6) is 1.30. The van der Waals surface area contributed by atoms with E-state index >= 15 is 0 Å². The van der Waals surface area contributed by atoms with E-state index in [1.807, 2.05) is 0 Å². The lowest BCUT2D eigenvalue weighted by molar-refractivity contribution is 0.233. The van der Waals surface area contributed by atoms with E-state index in [0.717, 1.165) is 13.1 Å². The number of hydrogen-bond acceptors (Lipinski definition) is 5. The molecule has 0 aromatic carbocycles. The molecule has 6 heteroatoms. The first-order valence-electron chi connectivity index (χ1n) is 7.60. The second-order valence-electron chi connectivity index (χ2n) is 5.70. The second kappa shape index (κ2) is 6.57. The van der Waals surface area contributed by atoms with Crippen molar-refractivity contribution in [2.45, 2.75) is 44.9 Å². The van der Waals surface area contributed by atoms with Crippen LogP contribution in [0.3, 0.4) is 0 Å². The third kappa shape index (κ3) is 3.51. The van der Waals surface area contributed by atoms with Gasteiger partial charge in [0.15, 0.2) is 0 Å². The predicted molar refractivity (Wildman–Crippen MR) is 78.4 cm³/mol. The Hall–Kier alpha value is -1.10. The molecule has 1 aromatic rings. The average molecular weight is 297 g/mol. The lowest BCUT2D eigenvalue weighted by Gasteiger charge is -2.26. The van der Waals surface area contributed by atoms with Gasteiger partial charge in [-0.2, -0.15) is 15.0 Å². The van der Waals surface area contributed by atoms with Gasteiger partial charge in [-0.05, 0) is 49.6 Å². The van der Waals surface area contributed by atoms with E-state index in [9.17, 15) is 0 Å².